The maximum atomic E-state index is 11.3. The van der Waals surface area contributed by atoms with Gasteiger partial charge in [0.25, 0.3) is 5.91 Å². The van der Waals surface area contributed by atoms with Gasteiger partial charge in [-0.15, -0.1) is 0 Å². The van der Waals surface area contributed by atoms with Gasteiger partial charge in [0, 0.05) is 0 Å². The van der Waals surface area contributed by atoms with Crippen molar-refractivity contribution in [3.8, 4) is 0 Å². The van der Waals surface area contributed by atoms with Crippen LogP contribution in [0.2, 0.25) is 0 Å². The summed E-state index contributed by atoms with van der Waals surface area (Å²) in [6, 6.07) is 0. The van der Waals surface area contributed by atoms with Crippen molar-refractivity contribution in [2.24, 2.45) is 5.73 Å². The zero-order chi connectivity index (χ0) is 18.8. The van der Waals surface area contributed by atoms with Gasteiger partial charge >= 0.3 is 7.82 Å². The van der Waals surface area contributed by atoms with E-state index in [2.05, 4.69) is 19.7 Å². The van der Waals surface area contributed by atoms with Crippen LogP contribution in [0.15, 0.2) is 6.33 Å². The maximum Gasteiger partial charge on any atom is 0.469 e. The highest BCUT2D eigenvalue weighted by Crippen LogP contribution is 2.39. The number of nitrogens with one attached hydrogen (secondary N) is 1. The van der Waals surface area contributed by atoms with Crippen LogP contribution in [-0.4, -0.2) is 68.2 Å². The molecule has 14 heteroatoms. The third-order valence-corrected chi connectivity index (χ3v) is 3.71. The fourth-order valence-electron chi connectivity index (χ4n) is 2.20. The topological polar surface area (TPSA) is 206 Å². The van der Waals surface area contributed by atoms with Gasteiger partial charge in [0.2, 0.25) is 7.84 Å². The van der Waals surface area contributed by atoms with E-state index in [1.54, 1.807) is 0 Å². The lowest BCUT2D eigenvalue weighted by Crippen LogP contribution is -2.33. The molecule has 1 aromatic heterocycles. The number of hydrogen-bond acceptors (Lipinski definition) is 9. The number of phosphoric acid groups is 1. The van der Waals surface area contributed by atoms with E-state index in [1.807, 2.05) is 0 Å². The van der Waals surface area contributed by atoms with Crippen molar-refractivity contribution in [2.75, 3.05) is 11.9 Å². The van der Waals surface area contributed by atoms with Crippen LogP contribution in [-0.2, 0) is 18.6 Å². The van der Waals surface area contributed by atoms with Crippen molar-refractivity contribution in [1.29, 1.82) is 1.43 Å². The molecular formula is C10H15N4O9P. The van der Waals surface area contributed by atoms with E-state index in [1.165, 1.54) is 0 Å². The minimum Gasteiger partial charge on any atom is -0.387 e. The molecule has 1 saturated heterocycles. The predicted molar refractivity (Wildman–Crippen MR) is 74.4 cm³/mol. The van der Waals surface area contributed by atoms with Crippen LogP contribution in [0.3, 0.4) is 0 Å². The Morgan fingerprint density at radius 1 is 1.62 bits per heavy atom. The van der Waals surface area contributed by atoms with Gasteiger partial charge in [-0.1, -0.05) is 0 Å². The number of nitrogens with two attached hydrogens (primary N) is 1. The molecule has 2 amide bonds. The molecule has 0 aromatic carbocycles. The number of amides is 2. The fourth-order valence-corrected chi connectivity index (χ4v) is 2.53. The number of carbonyl (C=O) groups is 2. The summed E-state index contributed by atoms with van der Waals surface area (Å²) in [4.78, 5) is 38.2. The fraction of sp³-hybridized carbons (Fsp3) is 0.500. The summed E-state index contributed by atoms with van der Waals surface area (Å²) < 4.78 is 28.3. The lowest BCUT2D eigenvalue weighted by molar-refractivity contribution is -0.105. The molecule has 0 saturated carbocycles. The number of imidazole rings is 1. The Balaban J connectivity index is 2.22. The van der Waals surface area contributed by atoms with E-state index in [0.29, 0.717) is 0 Å². The second-order valence-corrected chi connectivity index (χ2v) is 5.98. The summed E-state index contributed by atoms with van der Waals surface area (Å²) in [5.41, 5.74) is 4.82. The van der Waals surface area contributed by atoms with Crippen LogP contribution in [0.5, 0.6) is 0 Å². The summed E-state index contributed by atoms with van der Waals surface area (Å²) in [6.45, 7) is -0.685. The average molecular weight is 367 g/mol. The molecule has 2 unspecified atom stereocenters. The van der Waals surface area contributed by atoms with Gasteiger partial charge in [0.15, 0.2) is 11.9 Å². The smallest absolute Gasteiger partial charge is 0.387 e. The average Bonchev–Trinajstić information content (AvgIpc) is 3.09. The molecule has 1 aromatic rings. The van der Waals surface area contributed by atoms with Crippen LogP contribution in [0.4, 0.5) is 5.82 Å². The summed E-state index contributed by atoms with van der Waals surface area (Å²) in [6.07, 6.45) is -4.43. The largest absolute Gasteiger partial charge is 0.469 e. The highest BCUT2D eigenvalue weighted by Gasteiger charge is 2.45. The molecular weight excluding hydrogens is 351 g/mol. The predicted octanol–water partition coefficient (Wildman–Crippen LogP) is -2.72. The molecule has 0 bridgehead atoms. The number of hydrogen-bond donors (Lipinski definition) is 6. The van der Waals surface area contributed by atoms with Gasteiger partial charge in [-0.25, -0.2) is 9.55 Å². The van der Waals surface area contributed by atoms with Crippen LogP contribution in [0.1, 0.15) is 16.7 Å². The Hall–Kier alpha value is -1.86. The monoisotopic (exact) mass is 367 g/mol. The van der Waals surface area contributed by atoms with Crippen LogP contribution >= 0.6 is 7.82 Å². The van der Waals surface area contributed by atoms with Crippen molar-refractivity contribution >= 4 is 26.0 Å². The molecule has 2 rings (SSSR count). The third kappa shape index (κ3) is 3.79. The standard InChI is InChI=1S/C10H15N4O9P/c11-8(18)5-9(13-3-15)14(2-12-5)10-7(17)6(16)4(23-10)1-22-24(19,20)21/h2-4,6-7,10,16-17H,1H2,(H2,11,18)(H,13,15)(H2,19,20,21)/t4-,6-,7-,10?/m1/s1/i/hD. The number of phosphoric ester groups is 1. The SMILES string of the molecule is [2H]OP(=O)(O)OC[C@H]1OC(n2cnc(C(N)=O)c2NC=O)[C@H](O)[C@@H]1O. The number of ether oxygens (including phenoxy) is 1. The Morgan fingerprint density at radius 3 is 2.92 bits per heavy atom. The molecule has 1 fully saturated rings. The minimum absolute atomic E-state index is 0.178. The molecule has 1 aliphatic heterocycles. The number of rotatable bonds is 8. The van der Waals surface area contributed by atoms with Crippen LogP contribution in [0.25, 0.3) is 0 Å². The Labute approximate surface area is 135 Å². The molecule has 13 nitrogen and oxygen atoms in total. The molecule has 7 N–H and O–H groups in total. The van der Waals surface area contributed by atoms with Crippen molar-refractivity contribution in [3.05, 3.63) is 12.0 Å². The van der Waals surface area contributed by atoms with Crippen molar-refractivity contribution in [3.63, 3.8) is 0 Å². The van der Waals surface area contributed by atoms with Gasteiger partial charge in [0.1, 0.15) is 24.1 Å². The molecule has 0 aliphatic carbocycles. The van der Waals surface area contributed by atoms with Gasteiger partial charge in [0.05, 0.1) is 12.9 Å². The lowest BCUT2D eigenvalue weighted by Gasteiger charge is -2.18. The van der Waals surface area contributed by atoms with E-state index in [4.69, 9.17) is 16.8 Å². The first-order valence-corrected chi connectivity index (χ1v) is 7.92. The van der Waals surface area contributed by atoms with E-state index in [9.17, 15) is 24.4 Å². The molecule has 134 valence electrons. The normalized spacial score (nSPS) is 29.7. The number of nitrogens with zero attached hydrogens (tertiary/aromatic N) is 2. The summed E-state index contributed by atoms with van der Waals surface area (Å²) in [7, 11) is -4.64. The summed E-state index contributed by atoms with van der Waals surface area (Å²) >= 11 is 0. The van der Waals surface area contributed by atoms with Crippen LogP contribution < -0.4 is 11.1 Å². The number of carbonyl (C=O) groups excluding carboxylic acids is 2. The number of aromatic nitrogens is 2. The second kappa shape index (κ2) is 6.94. The maximum absolute atomic E-state index is 11.3. The van der Waals surface area contributed by atoms with Crippen molar-refractivity contribution < 1.29 is 43.4 Å². The molecule has 0 radical (unpaired) electrons. The van der Waals surface area contributed by atoms with Gasteiger partial charge < -0.3 is 35.8 Å². The number of primary amides is 1. The van der Waals surface area contributed by atoms with Crippen molar-refractivity contribution in [2.45, 2.75) is 24.5 Å². The van der Waals surface area contributed by atoms with Gasteiger partial charge in [-0.2, -0.15) is 0 Å². The van der Waals surface area contributed by atoms with E-state index >= 15 is 0 Å². The Bertz CT molecular complexity index is 700. The number of aliphatic hydroxyl groups excluding tert-OH is 2. The molecule has 1 aliphatic rings. The molecule has 2 heterocycles. The number of anilines is 1. The first-order valence-electron chi connectivity index (χ1n) is 6.83. The lowest BCUT2D eigenvalue weighted by atomic mass is 10.1. The van der Waals surface area contributed by atoms with Crippen molar-refractivity contribution in [1.82, 2.24) is 9.55 Å². The first kappa shape index (κ1) is 17.0. The highest BCUT2D eigenvalue weighted by molar-refractivity contribution is 7.46. The summed E-state index contributed by atoms with van der Waals surface area (Å²) in [5, 5.41) is 22.2. The zero-order valence-electron chi connectivity index (χ0n) is 12.9. The minimum atomic E-state index is -4.64. The zero-order valence-corrected chi connectivity index (χ0v) is 12.8. The van der Waals surface area contributed by atoms with E-state index in [-0.39, 0.29) is 17.9 Å². The quantitative estimate of drug-likeness (QED) is 0.207. The highest BCUT2D eigenvalue weighted by atomic mass is 31.2. The second-order valence-electron chi connectivity index (χ2n) is 4.79. The molecule has 0 spiro atoms. The Morgan fingerprint density at radius 2 is 2.33 bits per heavy atom. The third-order valence-electron chi connectivity index (χ3n) is 3.24. The Kier molecular flexibility index (Phi) is 4.91. The summed E-state index contributed by atoms with van der Waals surface area (Å²) in [5.74, 6) is -1.13. The van der Waals surface area contributed by atoms with Crippen LogP contribution in [0, 0.1) is 0 Å². The van der Waals surface area contributed by atoms with E-state index < -0.39 is 44.9 Å². The van der Waals surface area contributed by atoms with E-state index in [0.717, 1.165) is 10.9 Å². The molecule has 5 atom stereocenters. The molecule has 24 heavy (non-hydrogen) atoms. The van der Waals surface area contributed by atoms with Gasteiger partial charge in [-0.3, -0.25) is 18.7 Å². The first-order chi connectivity index (χ1) is 11.7. The number of aliphatic hydroxyl groups is 2. The van der Waals surface area contributed by atoms with Gasteiger partial charge in [-0.05, 0) is 0 Å².